The Hall–Kier alpha value is -3.74. The van der Waals surface area contributed by atoms with Gasteiger partial charge >= 0.3 is 5.97 Å². The Balaban J connectivity index is 2.11. The summed E-state index contributed by atoms with van der Waals surface area (Å²) in [4.78, 5) is 36.1. The Kier molecular flexibility index (Phi) is 5.87. The van der Waals surface area contributed by atoms with Crippen LogP contribution in [0.4, 0.5) is 4.39 Å². The second-order valence-corrected chi connectivity index (χ2v) is 6.26. The minimum Gasteiger partial charge on any atom is -0.507 e. The maximum Gasteiger partial charge on any atom is 0.379 e. The molecule has 3 aromatic rings. The largest absolute Gasteiger partial charge is 0.507 e. The molecule has 1 aromatic heterocycles. The zero-order chi connectivity index (χ0) is 21.0. The van der Waals surface area contributed by atoms with E-state index in [4.69, 9.17) is 0 Å². The molecule has 0 saturated heterocycles. The Morgan fingerprint density at radius 2 is 1.93 bits per heavy atom. The number of fused-ring (bicyclic) bond motifs is 1. The molecule has 3 rings (SSSR count). The number of para-hydroxylation sites is 1. The van der Waals surface area contributed by atoms with Crippen LogP contribution in [0.2, 0.25) is 0 Å². The highest BCUT2D eigenvalue weighted by Gasteiger charge is 2.17. The number of nitrogens with zero attached hydrogens (tertiary/aromatic N) is 1. The monoisotopic (exact) mass is 395 g/mol. The van der Waals surface area contributed by atoms with E-state index in [-0.39, 0.29) is 18.7 Å². The minimum absolute atomic E-state index is 0.00951. The van der Waals surface area contributed by atoms with Gasteiger partial charge in [0.05, 0.1) is 17.7 Å². The molecule has 0 aliphatic heterocycles. The van der Waals surface area contributed by atoms with E-state index in [9.17, 15) is 23.9 Å². The van der Waals surface area contributed by atoms with Crippen LogP contribution in [0.15, 0.2) is 65.6 Å². The summed E-state index contributed by atoms with van der Waals surface area (Å²) < 4.78 is 19.8. The molecule has 0 saturated carbocycles. The molecular formula is C22H18FNO5. The highest BCUT2D eigenvalue weighted by Crippen LogP contribution is 2.17. The number of pyridine rings is 1. The SMILES string of the molecule is CCOC(=O)C(=O)C=C(O)c1cn(Cc2cccc(F)c2)c2ccccc2c1=O. The second kappa shape index (κ2) is 8.52. The number of hydrogen-bond acceptors (Lipinski definition) is 5. The third kappa shape index (κ3) is 4.40. The first-order valence-electron chi connectivity index (χ1n) is 8.89. The molecule has 148 valence electrons. The van der Waals surface area contributed by atoms with Crippen LogP contribution >= 0.6 is 0 Å². The lowest BCUT2D eigenvalue weighted by Crippen LogP contribution is -2.18. The summed E-state index contributed by atoms with van der Waals surface area (Å²) >= 11 is 0. The van der Waals surface area contributed by atoms with Crippen LogP contribution in [0.3, 0.4) is 0 Å². The van der Waals surface area contributed by atoms with Gasteiger partial charge in [0.25, 0.3) is 5.78 Å². The summed E-state index contributed by atoms with van der Waals surface area (Å²) in [6.07, 6.45) is 2.04. The number of ether oxygens (including phenoxy) is 1. The molecule has 2 aromatic carbocycles. The van der Waals surface area contributed by atoms with Crippen molar-refractivity contribution < 1.29 is 23.8 Å². The number of ketones is 1. The molecule has 6 nitrogen and oxygen atoms in total. The zero-order valence-electron chi connectivity index (χ0n) is 15.6. The number of esters is 1. The van der Waals surface area contributed by atoms with Gasteiger partial charge in [0.2, 0.25) is 0 Å². The van der Waals surface area contributed by atoms with Gasteiger partial charge in [-0.25, -0.2) is 9.18 Å². The molecule has 0 aliphatic rings. The topological polar surface area (TPSA) is 85.6 Å². The molecule has 1 heterocycles. The molecule has 1 N–H and O–H groups in total. The number of halogens is 1. The average Bonchev–Trinajstić information content (AvgIpc) is 2.70. The number of aliphatic hydroxyl groups is 1. The van der Waals surface area contributed by atoms with Crippen molar-refractivity contribution in [1.82, 2.24) is 4.57 Å². The van der Waals surface area contributed by atoms with Gasteiger partial charge in [0.1, 0.15) is 11.6 Å². The van der Waals surface area contributed by atoms with E-state index in [1.165, 1.54) is 18.3 Å². The van der Waals surface area contributed by atoms with Gasteiger partial charge < -0.3 is 14.4 Å². The van der Waals surface area contributed by atoms with Crippen LogP contribution in [0.1, 0.15) is 18.1 Å². The van der Waals surface area contributed by atoms with Crippen LogP contribution in [-0.2, 0) is 20.9 Å². The van der Waals surface area contributed by atoms with Crippen molar-refractivity contribution in [2.45, 2.75) is 13.5 Å². The van der Waals surface area contributed by atoms with Crippen molar-refractivity contribution in [3.63, 3.8) is 0 Å². The van der Waals surface area contributed by atoms with Crippen LogP contribution in [-0.4, -0.2) is 28.0 Å². The van der Waals surface area contributed by atoms with Gasteiger partial charge in [-0.2, -0.15) is 0 Å². The van der Waals surface area contributed by atoms with Gasteiger partial charge in [0, 0.05) is 24.2 Å². The number of benzene rings is 2. The summed E-state index contributed by atoms with van der Waals surface area (Å²) in [5, 5.41) is 10.7. The quantitative estimate of drug-likeness (QED) is 0.300. The van der Waals surface area contributed by atoms with Crippen LogP contribution in [0.25, 0.3) is 16.7 Å². The third-order valence-corrected chi connectivity index (χ3v) is 4.25. The van der Waals surface area contributed by atoms with Crippen LogP contribution in [0, 0.1) is 5.82 Å². The van der Waals surface area contributed by atoms with Crippen molar-refractivity contribution in [2.75, 3.05) is 6.61 Å². The highest BCUT2D eigenvalue weighted by atomic mass is 19.1. The van der Waals surface area contributed by atoms with E-state index in [1.807, 2.05) is 0 Å². The molecule has 0 unspecified atom stereocenters. The number of rotatable bonds is 6. The average molecular weight is 395 g/mol. The third-order valence-electron chi connectivity index (χ3n) is 4.25. The minimum atomic E-state index is -1.13. The normalized spacial score (nSPS) is 11.4. The maximum absolute atomic E-state index is 13.5. The smallest absolute Gasteiger partial charge is 0.379 e. The summed E-state index contributed by atoms with van der Waals surface area (Å²) in [5.41, 5.74) is 0.574. The summed E-state index contributed by atoms with van der Waals surface area (Å²) in [6.45, 7) is 1.78. The summed E-state index contributed by atoms with van der Waals surface area (Å²) in [7, 11) is 0. The molecule has 0 atom stereocenters. The second-order valence-electron chi connectivity index (χ2n) is 6.26. The van der Waals surface area contributed by atoms with Gasteiger partial charge in [-0.1, -0.05) is 24.3 Å². The van der Waals surface area contributed by atoms with E-state index < -0.39 is 28.8 Å². The predicted molar refractivity (Wildman–Crippen MR) is 106 cm³/mol. The first-order chi connectivity index (χ1) is 13.9. The molecule has 0 aliphatic carbocycles. The fraction of sp³-hybridized carbons (Fsp3) is 0.136. The fourth-order valence-corrected chi connectivity index (χ4v) is 2.95. The number of carbonyl (C=O) groups excluding carboxylic acids is 2. The molecule has 29 heavy (non-hydrogen) atoms. The Labute approximate surface area is 165 Å². The standard InChI is InChI=1S/C22H18FNO5/c1-2-29-22(28)20(26)11-19(25)17-13-24(12-14-6-5-7-15(23)10-14)18-9-4-3-8-16(18)21(17)27/h3-11,13,25H,2,12H2,1H3. The van der Waals surface area contributed by atoms with Gasteiger partial charge in [-0.3, -0.25) is 9.59 Å². The van der Waals surface area contributed by atoms with Gasteiger partial charge in [0.15, 0.2) is 5.43 Å². The molecule has 0 amide bonds. The Bertz CT molecular complexity index is 1180. The van der Waals surface area contributed by atoms with E-state index in [0.717, 1.165) is 0 Å². The lowest BCUT2D eigenvalue weighted by atomic mass is 10.1. The molecule has 0 spiro atoms. The number of hydrogen-bond donors (Lipinski definition) is 1. The van der Waals surface area contributed by atoms with Crippen molar-refractivity contribution >= 4 is 28.4 Å². The first kappa shape index (κ1) is 20.0. The van der Waals surface area contributed by atoms with E-state index in [0.29, 0.717) is 22.5 Å². The number of aromatic nitrogens is 1. The van der Waals surface area contributed by atoms with Crippen molar-refractivity contribution in [3.05, 3.63) is 88.0 Å². The fourth-order valence-electron chi connectivity index (χ4n) is 2.95. The van der Waals surface area contributed by atoms with Crippen LogP contribution < -0.4 is 5.43 Å². The molecule has 7 heteroatoms. The Morgan fingerprint density at radius 3 is 2.66 bits per heavy atom. The molecular weight excluding hydrogens is 377 g/mol. The van der Waals surface area contributed by atoms with E-state index in [2.05, 4.69) is 4.74 Å². The molecule has 0 fully saturated rings. The lowest BCUT2D eigenvalue weighted by Gasteiger charge is -2.13. The van der Waals surface area contributed by atoms with Crippen LogP contribution in [0.5, 0.6) is 0 Å². The van der Waals surface area contributed by atoms with Crippen molar-refractivity contribution in [3.8, 4) is 0 Å². The Morgan fingerprint density at radius 1 is 1.17 bits per heavy atom. The highest BCUT2D eigenvalue weighted by molar-refractivity contribution is 6.39. The lowest BCUT2D eigenvalue weighted by molar-refractivity contribution is -0.151. The summed E-state index contributed by atoms with van der Waals surface area (Å²) in [5.74, 6) is -3.24. The maximum atomic E-state index is 13.5. The number of aliphatic hydroxyl groups excluding tert-OH is 1. The van der Waals surface area contributed by atoms with Crippen molar-refractivity contribution in [2.24, 2.45) is 0 Å². The molecule has 0 radical (unpaired) electrons. The first-order valence-corrected chi connectivity index (χ1v) is 8.89. The van der Waals surface area contributed by atoms with Gasteiger partial charge in [-0.05, 0) is 36.8 Å². The summed E-state index contributed by atoms with van der Waals surface area (Å²) in [6, 6.07) is 12.7. The number of carbonyl (C=O) groups is 2. The van der Waals surface area contributed by atoms with Crippen molar-refractivity contribution in [1.29, 1.82) is 0 Å². The van der Waals surface area contributed by atoms with Gasteiger partial charge in [-0.15, -0.1) is 0 Å². The predicted octanol–water partition coefficient (Wildman–Crippen LogP) is 3.22. The van der Waals surface area contributed by atoms with E-state index in [1.54, 1.807) is 47.9 Å². The molecule has 0 bridgehead atoms. The van der Waals surface area contributed by atoms with E-state index >= 15 is 0 Å². The zero-order valence-corrected chi connectivity index (χ0v) is 15.6.